The molecule has 2 saturated carbocycles. The topological polar surface area (TPSA) is 293 Å². The average molecular weight is 653 g/mol. The van der Waals surface area contributed by atoms with Crippen LogP contribution >= 0.6 is 16.1 Å². The summed E-state index contributed by atoms with van der Waals surface area (Å²) in [6, 6.07) is -0.669. The number of rotatable bonds is 2. The molecule has 2 saturated heterocycles. The molecule has 10 atom stereocenters. The highest BCUT2D eigenvalue weighted by atomic mass is 31.2. The van der Waals surface area contributed by atoms with Crippen molar-refractivity contribution in [3.8, 4) is 0 Å². The van der Waals surface area contributed by atoms with Gasteiger partial charge in [0.25, 0.3) is 5.56 Å². The van der Waals surface area contributed by atoms with Crippen LogP contribution < -0.4 is 17.0 Å². The summed E-state index contributed by atoms with van der Waals surface area (Å²) >= 11 is 0. The lowest BCUT2D eigenvalue weighted by Crippen LogP contribution is -2.37. The molecule has 4 aromatic heterocycles. The molecule has 6 heterocycles. The molecule has 3 unspecified atom stereocenters. The second kappa shape index (κ2) is 9.80. The minimum atomic E-state index is -4.80. The minimum Gasteiger partial charge on any atom is -0.388 e. The number of ether oxygens (including phenoxy) is 1. The predicted molar refractivity (Wildman–Crippen MR) is 145 cm³/mol. The first-order chi connectivity index (χ1) is 21.0. The zero-order valence-electron chi connectivity index (χ0n) is 22.4. The number of nitrogen functional groups attached to an aromatic ring is 2. The van der Waals surface area contributed by atoms with E-state index in [4.69, 9.17) is 34.3 Å². The lowest BCUT2D eigenvalue weighted by atomic mass is 10.0. The van der Waals surface area contributed by atoms with Gasteiger partial charge in [-0.25, -0.2) is 19.5 Å². The molecule has 2 aliphatic heterocycles. The first kappa shape index (κ1) is 28.1. The molecule has 21 nitrogen and oxygen atoms in total. The monoisotopic (exact) mass is 653 g/mol. The molecule has 2 bridgehead atoms. The minimum absolute atomic E-state index is 0.0195. The van der Waals surface area contributed by atoms with Gasteiger partial charge in [-0.1, -0.05) is 5.21 Å². The van der Waals surface area contributed by atoms with Crippen LogP contribution in [-0.4, -0.2) is 92.1 Å². The highest BCUT2D eigenvalue weighted by Gasteiger charge is 2.73. The van der Waals surface area contributed by atoms with Crippen LogP contribution in [0.1, 0.15) is 25.1 Å². The average Bonchev–Trinajstić information content (AvgIpc) is 3.31. The van der Waals surface area contributed by atoms with Gasteiger partial charge in [0, 0.05) is 11.8 Å². The van der Waals surface area contributed by atoms with Crippen LogP contribution in [0, 0.1) is 11.3 Å². The van der Waals surface area contributed by atoms with E-state index in [2.05, 4.69) is 35.2 Å². The second-order valence-electron chi connectivity index (χ2n) is 11.1. The molecular weight excluding hydrogens is 628 g/mol. The standard InChI is InChI=1S/C21H25N11O10P2/c22-15-10-16(25-5-24-15)31(6-26-10)12-8-2-21(8)4-39-44(36,37)42-9-1-7(3-38-43(35)41-14(21)13(12)33)40-19(9)32-17-11(29-30-32)18(34)28-20(23)27-17/h5-9,12-14,19,33,43H,1-4H2,(H,36,37)(H2,22,24,25)(H3,23,27,28,34)/t7-,8+,9+,12+,13-,14-,19+,21?/m0/s1. The number of nitrogens with two attached hydrogens (primary N) is 2. The molecule has 0 amide bonds. The van der Waals surface area contributed by atoms with E-state index < -0.39 is 63.7 Å². The summed E-state index contributed by atoms with van der Waals surface area (Å²) in [6.45, 7) is -0.650. The Bertz CT molecular complexity index is 1940. The zero-order chi connectivity index (χ0) is 30.5. The number of aromatic nitrogens is 9. The molecular formula is C21H25N11O10P2. The first-order valence-corrected chi connectivity index (χ1v) is 16.1. The van der Waals surface area contributed by atoms with Gasteiger partial charge in [0.05, 0.1) is 31.7 Å². The fraction of sp³-hybridized carbons (Fsp3) is 0.571. The van der Waals surface area contributed by atoms with E-state index in [0.29, 0.717) is 17.6 Å². The molecule has 44 heavy (non-hydrogen) atoms. The van der Waals surface area contributed by atoms with E-state index in [0.717, 1.165) is 4.68 Å². The largest absolute Gasteiger partial charge is 0.472 e. The van der Waals surface area contributed by atoms with E-state index in [1.165, 1.54) is 12.7 Å². The quantitative estimate of drug-likeness (QED) is 0.163. The Morgan fingerprint density at radius 3 is 2.89 bits per heavy atom. The molecule has 4 aliphatic rings. The maximum absolute atomic E-state index is 13.3. The Morgan fingerprint density at radius 1 is 1.20 bits per heavy atom. The molecule has 8 rings (SSSR count). The fourth-order valence-corrected chi connectivity index (χ4v) is 8.61. The third-order valence-electron chi connectivity index (χ3n) is 8.64. The third-order valence-corrected chi connectivity index (χ3v) is 10.5. The Hall–Kier alpha value is -3.39. The second-order valence-corrected chi connectivity index (χ2v) is 13.6. The zero-order valence-corrected chi connectivity index (χ0v) is 24.3. The first-order valence-electron chi connectivity index (χ1n) is 13.4. The number of hydrogen-bond donors (Lipinski definition) is 5. The van der Waals surface area contributed by atoms with E-state index in [1.807, 2.05) is 0 Å². The van der Waals surface area contributed by atoms with Crippen LogP contribution in [0.5, 0.6) is 0 Å². The van der Waals surface area contributed by atoms with Crippen LogP contribution in [0.15, 0.2) is 17.4 Å². The summed E-state index contributed by atoms with van der Waals surface area (Å²) in [5, 5.41) is 19.2. The number of nitrogens with zero attached hydrogens (tertiary/aromatic N) is 8. The highest BCUT2D eigenvalue weighted by molar-refractivity contribution is 7.47. The maximum Gasteiger partial charge on any atom is 0.472 e. The normalized spacial score (nSPS) is 39.0. The summed E-state index contributed by atoms with van der Waals surface area (Å²) in [7, 11) is -8.03. The van der Waals surface area contributed by atoms with Gasteiger partial charge in [0.2, 0.25) is 5.95 Å². The molecule has 7 N–H and O–H groups in total. The lowest BCUT2D eigenvalue weighted by molar-refractivity contribution is -0.0628. The number of phosphoric acid groups is 1. The van der Waals surface area contributed by atoms with E-state index in [1.54, 1.807) is 4.57 Å². The maximum atomic E-state index is 13.3. The van der Waals surface area contributed by atoms with Crippen molar-refractivity contribution in [2.75, 3.05) is 24.7 Å². The Kier molecular flexibility index (Phi) is 6.26. The lowest BCUT2D eigenvalue weighted by Gasteiger charge is -2.29. The van der Waals surface area contributed by atoms with Gasteiger partial charge in [-0.05, 0) is 12.3 Å². The number of imidazole rings is 1. The van der Waals surface area contributed by atoms with Gasteiger partial charge in [0.15, 0.2) is 28.9 Å². The van der Waals surface area contributed by atoms with E-state index in [9.17, 15) is 23.9 Å². The van der Waals surface area contributed by atoms with Crippen molar-refractivity contribution >= 4 is 50.2 Å². The number of anilines is 2. The van der Waals surface area contributed by atoms with Gasteiger partial charge in [-0.3, -0.25) is 23.4 Å². The molecule has 1 spiro atoms. The number of aliphatic hydroxyl groups excluding tert-OH is 1. The van der Waals surface area contributed by atoms with Crippen molar-refractivity contribution in [3.05, 3.63) is 23.0 Å². The number of hydrogen-bond acceptors (Lipinski definition) is 17. The molecule has 0 aromatic carbocycles. The van der Waals surface area contributed by atoms with Gasteiger partial charge < -0.3 is 39.8 Å². The fourth-order valence-electron chi connectivity index (χ4n) is 6.64. The van der Waals surface area contributed by atoms with Crippen LogP contribution in [-0.2, 0) is 32.0 Å². The van der Waals surface area contributed by atoms with Crippen LogP contribution in [0.3, 0.4) is 0 Å². The Balaban J connectivity index is 1.10. The van der Waals surface area contributed by atoms with Gasteiger partial charge in [-0.2, -0.15) is 9.67 Å². The SMILES string of the molecule is Nc1nc2c(nnn2[C@@H]2O[C@@H]3CO[PH](=O)O[C@H]4[C@@H](O)[C@H](n5cnc6c(N)ncnc65)[C@H]5CC54COP(=O)(O)O[C@@H]2C3)c(=O)[nH]1. The molecule has 234 valence electrons. The number of phosphoric ester groups is 1. The van der Waals surface area contributed by atoms with Crippen LogP contribution in [0.25, 0.3) is 22.3 Å². The number of aromatic amines is 1. The molecule has 4 aromatic rings. The number of H-pyrrole nitrogens is 1. The summed E-state index contributed by atoms with van der Waals surface area (Å²) in [4.78, 5) is 41.9. The van der Waals surface area contributed by atoms with Gasteiger partial charge >= 0.3 is 16.1 Å². The van der Waals surface area contributed by atoms with Gasteiger partial charge in [-0.15, -0.1) is 5.10 Å². The van der Waals surface area contributed by atoms with Crippen molar-refractivity contribution in [2.24, 2.45) is 11.3 Å². The Labute approximate surface area is 245 Å². The van der Waals surface area contributed by atoms with Crippen molar-refractivity contribution in [2.45, 2.75) is 49.5 Å². The van der Waals surface area contributed by atoms with Crippen molar-refractivity contribution < 1.29 is 42.0 Å². The summed E-state index contributed by atoms with van der Waals surface area (Å²) in [5.74, 6) is -0.398. The van der Waals surface area contributed by atoms with Crippen molar-refractivity contribution in [1.82, 2.24) is 44.5 Å². The van der Waals surface area contributed by atoms with Crippen molar-refractivity contribution in [3.63, 3.8) is 0 Å². The number of nitrogens with one attached hydrogen (secondary N) is 1. The van der Waals surface area contributed by atoms with Crippen LogP contribution in [0.2, 0.25) is 0 Å². The molecule has 2 aliphatic carbocycles. The summed E-state index contributed by atoms with van der Waals surface area (Å²) in [6.07, 6.45) is -2.43. The summed E-state index contributed by atoms with van der Waals surface area (Å²) < 4.78 is 57.6. The highest BCUT2D eigenvalue weighted by Crippen LogP contribution is 2.71. The molecule has 0 radical (unpaired) electrons. The molecule has 23 heteroatoms. The summed E-state index contributed by atoms with van der Waals surface area (Å²) in [5.41, 5.74) is 10.5. The number of aliphatic hydroxyl groups is 1. The Morgan fingerprint density at radius 2 is 2.05 bits per heavy atom. The predicted octanol–water partition coefficient (Wildman–Crippen LogP) is -0.964. The number of fused-ring (bicyclic) bond motifs is 4. The smallest absolute Gasteiger partial charge is 0.388 e. The van der Waals surface area contributed by atoms with Crippen molar-refractivity contribution in [1.29, 1.82) is 0 Å². The molecule has 4 fully saturated rings. The van der Waals surface area contributed by atoms with Crippen LogP contribution in [0.4, 0.5) is 11.8 Å². The van der Waals surface area contributed by atoms with E-state index >= 15 is 0 Å². The third kappa shape index (κ3) is 4.31. The van der Waals surface area contributed by atoms with Gasteiger partial charge in [0.1, 0.15) is 30.2 Å². The van der Waals surface area contributed by atoms with E-state index in [-0.39, 0.29) is 48.5 Å².